The van der Waals surface area contributed by atoms with Crippen LogP contribution in [-0.2, 0) is 19.6 Å². The smallest absolute Gasteiger partial charge is 0.325 e. The quantitative estimate of drug-likeness (QED) is 0.325. The molecular weight excluding hydrogens is 484 g/mol. The highest BCUT2D eigenvalue weighted by molar-refractivity contribution is 7.89. The zero-order valence-corrected chi connectivity index (χ0v) is 23.1. The number of benzene rings is 3. The highest BCUT2D eigenvalue weighted by Gasteiger charge is 2.67. The molecule has 1 saturated heterocycles. The first-order valence-electron chi connectivity index (χ1n) is 12.5. The van der Waals surface area contributed by atoms with Crippen molar-refractivity contribution in [1.29, 1.82) is 0 Å². The Labute approximate surface area is 220 Å². The SMILES string of the molecule is Cc1ccc(S(=O)(=O)N2[C@@H]([C@@H](NC(c3ccccc3)c3ccccc3)C(=O)OC(C)(C)C)C2(C)C)cc1. The van der Waals surface area contributed by atoms with E-state index in [2.05, 4.69) is 5.32 Å². The van der Waals surface area contributed by atoms with E-state index in [9.17, 15) is 13.2 Å². The third kappa shape index (κ3) is 5.79. The van der Waals surface area contributed by atoms with E-state index in [0.29, 0.717) is 0 Å². The molecule has 0 aliphatic carbocycles. The van der Waals surface area contributed by atoms with E-state index in [-0.39, 0.29) is 10.9 Å². The van der Waals surface area contributed by atoms with Crippen LogP contribution < -0.4 is 5.32 Å². The third-order valence-corrected chi connectivity index (χ3v) is 8.73. The monoisotopic (exact) mass is 520 g/mol. The Bertz CT molecular complexity index is 1290. The number of nitrogens with one attached hydrogen (secondary N) is 1. The summed E-state index contributed by atoms with van der Waals surface area (Å²) in [6, 6.07) is 24.6. The first kappa shape index (κ1) is 27.0. The van der Waals surface area contributed by atoms with Crippen molar-refractivity contribution in [1.82, 2.24) is 9.62 Å². The number of rotatable bonds is 8. The maximum Gasteiger partial charge on any atom is 0.325 e. The van der Waals surface area contributed by atoms with E-state index < -0.39 is 39.2 Å². The van der Waals surface area contributed by atoms with E-state index >= 15 is 0 Å². The Morgan fingerprint density at radius 2 is 1.38 bits per heavy atom. The summed E-state index contributed by atoms with van der Waals surface area (Å²) in [5.41, 5.74) is 1.38. The van der Waals surface area contributed by atoms with Crippen molar-refractivity contribution >= 4 is 16.0 Å². The minimum absolute atomic E-state index is 0.208. The fourth-order valence-electron chi connectivity index (χ4n) is 4.82. The molecule has 37 heavy (non-hydrogen) atoms. The van der Waals surface area contributed by atoms with Gasteiger partial charge in [-0.2, -0.15) is 4.31 Å². The van der Waals surface area contributed by atoms with Gasteiger partial charge in [-0.1, -0.05) is 78.4 Å². The average Bonchev–Trinajstić information content (AvgIpc) is 3.42. The Morgan fingerprint density at radius 3 is 1.84 bits per heavy atom. The summed E-state index contributed by atoms with van der Waals surface area (Å²) in [6.07, 6.45) is 0. The number of carbonyl (C=O) groups is 1. The second-order valence-electron chi connectivity index (χ2n) is 11.1. The highest BCUT2D eigenvalue weighted by Crippen LogP contribution is 2.48. The molecule has 0 amide bonds. The number of nitrogens with zero attached hydrogens (tertiary/aromatic N) is 1. The predicted octanol–water partition coefficient (Wildman–Crippen LogP) is 5.24. The van der Waals surface area contributed by atoms with Crippen molar-refractivity contribution in [3.8, 4) is 0 Å². The largest absolute Gasteiger partial charge is 0.459 e. The van der Waals surface area contributed by atoms with Crippen LogP contribution in [0.25, 0.3) is 0 Å². The van der Waals surface area contributed by atoms with Crippen LogP contribution in [0, 0.1) is 6.92 Å². The van der Waals surface area contributed by atoms with Gasteiger partial charge in [-0.3, -0.25) is 10.1 Å². The standard InChI is InChI=1S/C30H36N2O4S/c1-21-17-19-24(20-18-21)37(34,35)32-27(30(32,5)6)26(28(33)36-29(2,3)4)31-25(22-13-9-7-10-14-22)23-15-11-8-12-16-23/h7-20,25-27,31H,1-6H3/t26-,27+,32?/m1/s1. The van der Waals surface area contributed by atoms with E-state index in [1.807, 2.05) is 102 Å². The summed E-state index contributed by atoms with van der Waals surface area (Å²) in [4.78, 5) is 13.9. The highest BCUT2D eigenvalue weighted by atomic mass is 32.2. The molecule has 0 radical (unpaired) electrons. The van der Waals surface area contributed by atoms with E-state index in [1.54, 1.807) is 24.3 Å². The predicted molar refractivity (Wildman–Crippen MR) is 146 cm³/mol. The summed E-state index contributed by atoms with van der Waals surface area (Å²) >= 11 is 0. The van der Waals surface area contributed by atoms with Crippen molar-refractivity contribution in [3.63, 3.8) is 0 Å². The summed E-state index contributed by atoms with van der Waals surface area (Å²) in [6.45, 7) is 11.0. The summed E-state index contributed by atoms with van der Waals surface area (Å²) < 4.78 is 34.7. The minimum atomic E-state index is -3.84. The van der Waals surface area contributed by atoms with Gasteiger partial charge in [-0.15, -0.1) is 0 Å². The van der Waals surface area contributed by atoms with Gasteiger partial charge in [0.2, 0.25) is 10.0 Å². The van der Waals surface area contributed by atoms with Gasteiger partial charge in [-0.05, 0) is 64.8 Å². The fourth-order valence-corrected chi connectivity index (χ4v) is 6.88. The van der Waals surface area contributed by atoms with Crippen LogP contribution in [0.5, 0.6) is 0 Å². The Hall–Kier alpha value is -3.00. The topological polar surface area (TPSA) is 75.5 Å². The Kier molecular flexibility index (Phi) is 7.34. The maximum absolute atomic E-state index is 13.7. The van der Waals surface area contributed by atoms with Crippen molar-refractivity contribution in [2.45, 2.75) is 75.7 Å². The molecule has 1 N–H and O–H groups in total. The van der Waals surface area contributed by atoms with Gasteiger partial charge in [0.15, 0.2) is 0 Å². The lowest BCUT2D eigenvalue weighted by Gasteiger charge is -2.29. The first-order chi connectivity index (χ1) is 17.3. The van der Waals surface area contributed by atoms with Crippen LogP contribution in [0.15, 0.2) is 89.8 Å². The molecular formula is C30H36N2O4S. The molecule has 1 fully saturated rings. The number of aryl methyl sites for hydroxylation is 1. The molecule has 7 heteroatoms. The number of esters is 1. The van der Waals surface area contributed by atoms with Gasteiger partial charge in [0, 0.05) is 5.54 Å². The van der Waals surface area contributed by atoms with Gasteiger partial charge < -0.3 is 4.74 Å². The summed E-state index contributed by atoms with van der Waals surface area (Å²) in [5, 5.41) is 3.51. The normalized spacial score (nSPS) is 19.9. The number of ether oxygens (including phenoxy) is 1. The second-order valence-corrected chi connectivity index (χ2v) is 13.0. The molecule has 1 unspecified atom stereocenters. The lowest BCUT2D eigenvalue weighted by molar-refractivity contribution is -0.157. The molecule has 3 aromatic rings. The van der Waals surface area contributed by atoms with Crippen LogP contribution in [0.1, 0.15) is 57.4 Å². The average molecular weight is 521 g/mol. The molecule has 0 saturated carbocycles. The van der Waals surface area contributed by atoms with E-state index in [4.69, 9.17) is 4.74 Å². The molecule has 1 aliphatic rings. The molecule has 0 spiro atoms. The molecule has 0 aromatic heterocycles. The number of hydrogen-bond donors (Lipinski definition) is 1. The molecule has 6 nitrogen and oxygen atoms in total. The van der Waals surface area contributed by atoms with Crippen LogP contribution in [0.3, 0.4) is 0 Å². The van der Waals surface area contributed by atoms with Gasteiger partial charge in [0.05, 0.1) is 17.0 Å². The summed E-state index contributed by atoms with van der Waals surface area (Å²) in [7, 11) is -3.84. The molecule has 3 atom stereocenters. The van der Waals surface area contributed by atoms with E-state index in [0.717, 1.165) is 16.7 Å². The number of carbonyl (C=O) groups excluding carboxylic acids is 1. The van der Waals surface area contributed by atoms with Gasteiger partial charge in [-0.25, -0.2) is 8.42 Å². The van der Waals surface area contributed by atoms with Crippen LogP contribution >= 0.6 is 0 Å². The van der Waals surface area contributed by atoms with Gasteiger partial charge in [0.25, 0.3) is 0 Å². The molecule has 0 bridgehead atoms. The lowest BCUT2D eigenvalue weighted by atomic mass is 9.95. The summed E-state index contributed by atoms with van der Waals surface area (Å²) in [5.74, 6) is -0.482. The molecule has 196 valence electrons. The molecule has 3 aromatic carbocycles. The third-order valence-electron chi connectivity index (χ3n) is 6.64. The Balaban J connectivity index is 1.75. The van der Waals surface area contributed by atoms with Gasteiger partial charge >= 0.3 is 5.97 Å². The van der Waals surface area contributed by atoms with Crippen molar-refractivity contribution in [3.05, 3.63) is 102 Å². The lowest BCUT2D eigenvalue weighted by Crippen LogP contribution is -2.48. The molecule has 1 heterocycles. The number of sulfonamides is 1. The first-order valence-corrected chi connectivity index (χ1v) is 14.0. The van der Waals surface area contributed by atoms with Gasteiger partial charge in [0.1, 0.15) is 11.6 Å². The minimum Gasteiger partial charge on any atom is -0.459 e. The fraction of sp³-hybridized carbons (Fsp3) is 0.367. The van der Waals surface area contributed by atoms with Crippen molar-refractivity contribution < 1.29 is 17.9 Å². The number of hydrogen-bond acceptors (Lipinski definition) is 5. The van der Waals surface area contributed by atoms with Crippen molar-refractivity contribution in [2.24, 2.45) is 0 Å². The van der Waals surface area contributed by atoms with Crippen LogP contribution in [-0.4, -0.2) is 41.9 Å². The van der Waals surface area contributed by atoms with Crippen LogP contribution in [0.2, 0.25) is 0 Å². The van der Waals surface area contributed by atoms with Crippen LogP contribution in [0.4, 0.5) is 0 Å². The van der Waals surface area contributed by atoms with Crippen molar-refractivity contribution in [2.75, 3.05) is 0 Å². The zero-order chi connectivity index (χ0) is 27.0. The van der Waals surface area contributed by atoms with E-state index in [1.165, 1.54) is 4.31 Å². The molecule has 4 rings (SSSR count). The zero-order valence-electron chi connectivity index (χ0n) is 22.3. The maximum atomic E-state index is 13.7. The Morgan fingerprint density at radius 1 is 0.892 bits per heavy atom. The second kappa shape index (κ2) is 10.0. The molecule has 1 aliphatic heterocycles.